The molecule has 18 heavy (non-hydrogen) atoms. The molecule has 0 radical (unpaired) electrons. The quantitative estimate of drug-likeness (QED) is 0.839. The average Bonchev–Trinajstić information content (AvgIpc) is 2.46. The van der Waals surface area contributed by atoms with E-state index >= 15 is 0 Å². The molecule has 1 unspecified atom stereocenters. The number of hydrogen-bond acceptors (Lipinski definition) is 3. The second-order valence-electron chi connectivity index (χ2n) is 5.18. The van der Waals surface area contributed by atoms with Gasteiger partial charge in [0.1, 0.15) is 5.75 Å². The van der Waals surface area contributed by atoms with Crippen molar-refractivity contribution >= 4 is 0 Å². The van der Waals surface area contributed by atoms with E-state index in [0.717, 1.165) is 31.7 Å². The predicted octanol–water partition coefficient (Wildman–Crippen LogP) is 2.10. The highest BCUT2D eigenvalue weighted by Gasteiger charge is 2.29. The summed E-state index contributed by atoms with van der Waals surface area (Å²) in [7, 11) is 1.73. The minimum absolute atomic E-state index is 0.138. The summed E-state index contributed by atoms with van der Waals surface area (Å²) in [4.78, 5) is 0. The lowest BCUT2D eigenvalue weighted by molar-refractivity contribution is 0.244. The number of nitrogens with two attached hydrogens (primary N) is 1. The first-order valence-electron chi connectivity index (χ1n) is 6.87. The van der Waals surface area contributed by atoms with Crippen molar-refractivity contribution < 1.29 is 4.74 Å². The molecule has 0 aromatic heterocycles. The summed E-state index contributed by atoms with van der Waals surface area (Å²) in [6.07, 6.45) is 5.86. The van der Waals surface area contributed by atoms with Crippen molar-refractivity contribution in [2.75, 3.05) is 20.2 Å². The van der Waals surface area contributed by atoms with Crippen LogP contribution >= 0.6 is 0 Å². The topological polar surface area (TPSA) is 47.3 Å². The Bertz CT molecular complexity index is 373. The van der Waals surface area contributed by atoms with Crippen molar-refractivity contribution in [3.8, 4) is 5.75 Å². The van der Waals surface area contributed by atoms with Crippen molar-refractivity contribution in [2.45, 2.75) is 37.6 Å². The van der Waals surface area contributed by atoms with Crippen molar-refractivity contribution in [1.82, 2.24) is 5.32 Å². The summed E-state index contributed by atoms with van der Waals surface area (Å²) >= 11 is 0. The van der Waals surface area contributed by atoms with Gasteiger partial charge in [-0.15, -0.1) is 0 Å². The standard InChI is InChI=1S/C15H24N2O/c1-18-14-7-3-2-6-13(14)8-10-15(12-16)9-4-5-11-17-15/h2-3,6-7,17H,4-5,8-12,16H2,1H3. The fourth-order valence-corrected chi connectivity index (χ4v) is 2.80. The molecule has 3 N–H and O–H groups in total. The Hall–Kier alpha value is -1.06. The lowest BCUT2D eigenvalue weighted by atomic mass is 9.83. The van der Waals surface area contributed by atoms with Crippen molar-refractivity contribution in [3.63, 3.8) is 0 Å². The van der Waals surface area contributed by atoms with E-state index < -0.39 is 0 Å². The molecule has 0 spiro atoms. The van der Waals surface area contributed by atoms with Gasteiger partial charge >= 0.3 is 0 Å². The van der Waals surface area contributed by atoms with Gasteiger partial charge in [0.15, 0.2) is 0 Å². The van der Waals surface area contributed by atoms with Crippen molar-refractivity contribution in [2.24, 2.45) is 5.73 Å². The first kappa shape index (κ1) is 13.4. The zero-order valence-corrected chi connectivity index (χ0v) is 11.2. The number of methoxy groups -OCH3 is 1. The normalized spacial score (nSPS) is 23.9. The third-order valence-corrected chi connectivity index (χ3v) is 4.04. The van der Waals surface area contributed by atoms with Crippen LogP contribution in [0.25, 0.3) is 0 Å². The van der Waals surface area contributed by atoms with E-state index in [1.165, 1.54) is 24.8 Å². The van der Waals surface area contributed by atoms with Gasteiger partial charge in [-0.05, 0) is 43.9 Å². The molecule has 0 aliphatic carbocycles. The zero-order valence-electron chi connectivity index (χ0n) is 11.2. The lowest BCUT2D eigenvalue weighted by Crippen LogP contribution is -2.54. The molecule has 1 aromatic rings. The molecule has 0 saturated carbocycles. The van der Waals surface area contributed by atoms with Crippen LogP contribution in [0.2, 0.25) is 0 Å². The van der Waals surface area contributed by atoms with Crippen molar-refractivity contribution in [3.05, 3.63) is 29.8 Å². The number of para-hydroxylation sites is 1. The lowest BCUT2D eigenvalue weighted by Gasteiger charge is -2.37. The van der Waals surface area contributed by atoms with Gasteiger partial charge in [0.05, 0.1) is 7.11 Å². The molecule has 0 amide bonds. The van der Waals surface area contributed by atoms with Gasteiger partial charge in [-0.25, -0.2) is 0 Å². The molecule has 0 bridgehead atoms. The third-order valence-electron chi connectivity index (χ3n) is 4.04. The molecular weight excluding hydrogens is 224 g/mol. The van der Waals surface area contributed by atoms with Crippen molar-refractivity contribution in [1.29, 1.82) is 0 Å². The van der Waals surface area contributed by atoms with Crippen LogP contribution in [0.1, 0.15) is 31.2 Å². The van der Waals surface area contributed by atoms with Gasteiger partial charge in [-0.1, -0.05) is 24.6 Å². The van der Waals surface area contributed by atoms with E-state index in [-0.39, 0.29) is 5.54 Å². The molecule has 2 rings (SSSR count). The smallest absolute Gasteiger partial charge is 0.122 e. The number of aryl methyl sites for hydroxylation is 1. The Kier molecular flexibility index (Phi) is 4.61. The van der Waals surface area contributed by atoms with Gasteiger partial charge in [0.25, 0.3) is 0 Å². The maximum absolute atomic E-state index is 5.98. The summed E-state index contributed by atoms with van der Waals surface area (Å²) in [6, 6.07) is 8.26. The van der Waals surface area contributed by atoms with E-state index in [1.807, 2.05) is 12.1 Å². The van der Waals surface area contributed by atoms with E-state index in [4.69, 9.17) is 10.5 Å². The molecule has 3 nitrogen and oxygen atoms in total. The van der Waals surface area contributed by atoms with Crippen LogP contribution in [0, 0.1) is 0 Å². The molecule has 1 aromatic carbocycles. The molecule has 1 atom stereocenters. The molecular formula is C15H24N2O. The third kappa shape index (κ3) is 3.03. The summed E-state index contributed by atoms with van der Waals surface area (Å²) in [5.41, 5.74) is 7.40. The number of nitrogens with one attached hydrogen (secondary N) is 1. The van der Waals surface area contributed by atoms with E-state index in [9.17, 15) is 0 Å². The number of benzene rings is 1. The Balaban J connectivity index is 2.01. The molecule has 3 heteroatoms. The van der Waals surface area contributed by atoms with Crippen LogP contribution in [-0.4, -0.2) is 25.7 Å². The summed E-state index contributed by atoms with van der Waals surface area (Å²) < 4.78 is 5.40. The highest BCUT2D eigenvalue weighted by Crippen LogP contribution is 2.26. The van der Waals surface area contributed by atoms with Gasteiger partial charge in [0, 0.05) is 12.1 Å². The van der Waals surface area contributed by atoms with Gasteiger partial charge < -0.3 is 15.8 Å². The Morgan fingerprint density at radius 2 is 2.17 bits per heavy atom. The fourth-order valence-electron chi connectivity index (χ4n) is 2.80. The minimum atomic E-state index is 0.138. The first-order chi connectivity index (χ1) is 8.79. The van der Waals surface area contributed by atoms with E-state index in [0.29, 0.717) is 0 Å². The van der Waals surface area contributed by atoms with Crippen LogP contribution in [0.15, 0.2) is 24.3 Å². The van der Waals surface area contributed by atoms with Gasteiger partial charge in [-0.2, -0.15) is 0 Å². The predicted molar refractivity (Wildman–Crippen MR) is 75.0 cm³/mol. The van der Waals surface area contributed by atoms with Crippen LogP contribution in [0.3, 0.4) is 0 Å². The highest BCUT2D eigenvalue weighted by atomic mass is 16.5. The maximum Gasteiger partial charge on any atom is 0.122 e. The molecule has 1 aliphatic heterocycles. The zero-order chi connectivity index (χ0) is 12.8. The van der Waals surface area contributed by atoms with Gasteiger partial charge in [0.2, 0.25) is 0 Å². The Labute approximate surface area is 110 Å². The van der Waals surface area contributed by atoms with Crippen LogP contribution in [0.5, 0.6) is 5.75 Å². The van der Waals surface area contributed by atoms with Crippen LogP contribution in [0.4, 0.5) is 0 Å². The number of hydrogen-bond donors (Lipinski definition) is 2. The SMILES string of the molecule is COc1ccccc1CCC1(CN)CCCCN1. The van der Waals surface area contributed by atoms with E-state index in [1.54, 1.807) is 7.11 Å². The number of piperidine rings is 1. The second kappa shape index (κ2) is 6.21. The summed E-state index contributed by atoms with van der Waals surface area (Å²) in [6.45, 7) is 1.82. The maximum atomic E-state index is 5.98. The van der Waals surface area contributed by atoms with E-state index in [2.05, 4.69) is 17.4 Å². The van der Waals surface area contributed by atoms with Crippen LogP contribution in [-0.2, 0) is 6.42 Å². The summed E-state index contributed by atoms with van der Waals surface area (Å²) in [5.74, 6) is 0.987. The Morgan fingerprint density at radius 1 is 1.33 bits per heavy atom. The molecule has 100 valence electrons. The number of rotatable bonds is 5. The molecule has 1 aliphatic rings. The highest BCUT2D eigenvalue weighted by molar-refractivity contribution is 5.33. The monoisotopic (exact) mass is 248 g/mol. The largest absolute Gasteiger partial charge is 0.496 e. The molecule has 1 fully saturated rings. The first-order valence-corrected chi connectivity index (χ1v) is 6.87. The van der Waals surface area contributed by atoms with Crippen LogP contribution < -0.4 is 15.8 Å². The Morgan fingerprint density at radius 3 is 2.83 bits per heavy atom. The minimum Gasteiger partial charge on any atom is -0.496 e. The van der Waals surface area contributed by atoms with Gasteiger partial charge in [-0.3, -0.25) is 0 Å². The number of ether oxygens (including phenoxy) is 1. The molecule has 1 saturated heterocycles. The fraction of sp³-hybridized carbons (Fsp3) is 0.600. The second-order valence-corrected chi connectivity index (χ2v) is 5.18. The average molecular weight is 248 g/mol. The molecule has 1 heterocycles. The summed E-state index contributed by atoms with van der Waals surface area (Å²) in [5, 5.41) is 3.62.